The summed E-state index contributed by atoms with van der Waals surface area (Å²) in [5, 5.41) is 2.26. The van der Waals surface area contributed by atoms with Gasteiger partial charge in [0.1, 0.15) is 11.6 Å². The predicted molar refractivity (Wildman–Crippen MR) is 109 cm³/mol. The van der Waals surface area contributed by atoms with E-state index in [9.17, 15) is 18.4 Å². The van der Waals surface area contributed by atoms with Crippen molar-refractivity contribution in [1.29, 1.82) is 0 Å². The highest BCUT2D eigenvalue weighted by Crippen LogP contribution is 2.30. The van der Waals surface area contributed by atoms with Gasteiger partial charge in [0.15, 0.2) is 6.61 Å². The van der Waals surface area contributed by atoms with Crippen molar-refractivity contribution >= 4 is 17.6 Å². The highest BCUT2D eigenvalue weighted by atomic mass is 19.1. The van der Waals surface area contributed by atoms with E-state index in [1.54, 1.807) is 12.1 Å². The monoisotopic (exact) mass is 403 g/mol. The van der Waals surface area contributed by atoms with Crippen LogP contribution in [-0.4, -0.2) is 18.5 Å². The molecule has 0 fully saturated rings. The second-order valence-corrected chi connectivity index (χ2v) is 9.05. The Hall–Kier alpha value is -2.76. The van der Waals surface area contributed by atoms with Crippen molar-refractivity contribution in [1.82, 2.24) is 0 Å². The van der Waals surface area contributed by atoms with Gasteiger partial charge >= 0.3 is 5.97 Å². The van der Waals surface area contributed by atoms with Crippen molar-refractivity contribution in [3.05, 3.63) is 64.7 Å². The molecule has 2 aromatic rings. The third-order valence-electron chi connectivity index (χ3n) is 4.44. The number of halogens is 2. The zero-order chi connectivity index (χ0) is 22.0. The van der Waals surface area contributed by atoms with Gasteiger partial charge in [-0.05, 0) is 46.2 Å². The maximum Gasteiger partial charge on any atom is 0.338 e. The molecule has 0 unspecified atom stereocenters. The molecule has 156 valence electrons. The zero-order valence-electron chi connectivity index (χ0n) is 17.7. The summed E-state index contributed by atoms with van der Waals surface area (Å²) in [6, 6.07) is 8.38. The van der Waals surface area contributed by atoms with Crippen LogP contribution in [0.25, 0.3) is 0 Å². The Morgan fingerprint density at radius 1 is 0.897 bits per heavy atom. The molecule has 1 amide bonds. The number of hydrogen-bond donors (Lipinski definition) is 1. The summed E-state index contributed by atoms with van der Waals surface area (Å²) in [6.07, 6.45) is 0. The SMILES string of the molecule is CC(C)(C)c1cc(C(=O)OCC(=O)Nc2ccc(F)cc2F)cc(C(C)(C)C)c1. The summed E-state index contributed by atoms with van der Waals surface area (Å²) in [6.45, 7) is 11.7. The molecule has 0 aliphatic carbocycles. The van der Waals surface area contributed by atoms with Crippen LogP contribution in [-0.2, 0) is 20.4 Å². The van der Waals surface area contributed by atoms with Crippen molar-refractivity contribution < 1.29 is 23.1 Å². The lowest BCUT2D eigenvalue weighted by Crippen LogP contribution is -2.23. The summed E-state index contributed by atoms with van der Waals surface area (Å²) < 4.78 is 31.7. The average molecular weight is 403 g/mol. The fourth-order valence-electron chi connectivity index (χ4n) is 2.60. The summed E-state index contributed by atoms with van der Waals surface area (Å²) in [5.74, 6) is -3.01. The summed E-state index contributed by atoms with van der Waals surface area (Å²) in [7, 11) is 0. The fourth-order valence-corrected chi connectivity index (χ4v) is 2.60. The molecule has 2 rings (SSSR count). The van der Waals surface area contributed by atoms with E-state index in [2.05, 4.69) is 52.9 Å². The topological polar surface area (TPSA) is 55.4 Å². The number of carbonyl (C=O) groups excluding carboxylic acids is 2. The Morgan fingerprint density at radius 2 is 1.45 bits per heavy atom. The molecular weight excluding hydrogens is 376 g/mol. The molecule has 0 spiro atoms. The molecule has 0 aliphatic heterocycles. The van der Waals surface area contributed by atoms with Gasteiger partial charge in [-0.15, -0.1) is 0 Å². The van der Waals surface area contributed by atoms with Crippen molar-refractivity contribution in [2.24, 2.45) is 0 Å². The maximum atomic E-state index is 13.6. The number of ether oxygens (including phenoxy) is 1. The molecule has 0 bridgehead atoms. The van der Waals surface area contributed by atoms with Crippen LogP contribution in [0.5, 0.6) is 0 Å². The highest BCUT2D eigenvalue weighted by Gasteiger charge is 2.23. The normalized spacial score (nSPS) is 11.9. The number of anilines is 1. The van der Waals surface area contributed by atoms with E-state index in [4.69, 9.17) is 4.74 Å². The number of nitrogens with one attached hydrogen (secondary N) is 1. The molecule has 2 aromatic carbocycles. The third-order valence-corrected chi connectivity index (χ3v) is 4.44. The lowest BCUT2D eigenvalue weighted by molar-refractivity contribution is -0.119. The summed E-state index contributed by atoms with van der Waals surface area (Å²) in [5.41, 5.74) is 1.78. The largest absolute Gasteiger partial charge is 0.452 e. The second-order valence-electron chi connectivity index (χ2n) is 9.05. The third kappa shape index (κ3) is 6.11. The van der Waals surface area contributed by atoms with Gasteiger partial charge < -0.3 is 10.1 Å². The Labute approximate surface area is 170 Å². The lowest BCUT2D eigenvalue weighted by Gasteiger charge is -2.25. The van der Waals surface area contributed by atoms with Gasteiger partial charge in [-0.3, -0.25) is 4.79 Å². The van der Waals surface area contributed by atoms with Gasteiger partial charge in [0.2, 0.25) is 0 Å². The Bertz CT molecular complexity index is 892. The first-order valence-electron chi connectivity index (χ1n) is 9.35. The molecule has 0 aliphatic rings. The minimum atomic E-state index is -0.905. The van der Waals surface area contributed by atoms with Gasteiger partial charge in [-0.1, -0.05) is 47.6 Å². The quantitative estimate of drug-likeness (QED) is 0.700. The molecule has 0 saturated heterocycles. The van der Waals surface area contributed by atoms with Gasteiger partial charge in [0.25, 0.3) is 5.91 Å². The predicted octanol–water partition coefficient (Wildman–Crippen LogP) is 5.36. The molecule has 0 saturated carbocycles. The van der Waals surface area contributed by atoms with E-state index in [0.29, 0.717) is 11.6 Å². The number of amides is 1. The molecule has 29 heavy (non-hydrogen) atoms. The summed E-state index contributed by atoms with van der Waals surface area (Å²) >= 11 is 0. The molecule has 6 heteroatoms. The van der Waals surface area contributed by atoms with Gasteiger partial charge in [-0.2, -0.15) is 0 Å². The van der Waals surface area contributed by atoms with E-state index < -0.39 is 30.1 Å². The van der Waals surface area contributed by atoms with Crippen molar-refractivity contribution in [2.75, 3.05) is 11.9 Å². The van der Waals surface area contributed by atoms with Crippen LogP contribution >= 0.6 is 0 Å². The van der Waals surface area contributed by atoms with Crippen LogP contribution in [0.2, 0.25) is 0 Å². The van der Waals surface area contributed by atoms with E-state index >= 15 is 0 Å². The number of hydrogen-bond acceptors (Lipinski definition) is 3. The number of carbonyl (C=O) groups is 2. The van der Waals surface area contributed by atoms with E-state index in [-0.39, 0.29) is 16.5 Å². The molecule has 0 aromatic heterocycles. The number of rotatable bonds is 4. The molecule has 0 atom stereocenters. The first-order chi connectivity index (χ1) is 13.3. The van der Waals surface area contributed by atoms with Crippen molar-refractivity contribution in [3.8, 4) is 0 Å². The molecule has 4 nitrogen and oxygen atoms in total. The minimum absolute atomic E-state index is 0.173. The standard InChI is InChI=1S/C23H27F2NO3/c1-22(2,3)15-9-14(10-16(11-15)23(4,5)6)21(28)29-13-20(27)26-19-8-7-17(24)12-18(19)25/h7-12H,13H2,1-6H3,(H,26,27). The Morgan fingerprint density at radius 3 is 1.93 bits per heavy atom. The van der Waals surface area contributed by atoms with Crippen LogP contribution in [0.15, 0.2) is 36.4 Å². The van der Waals surface area contributed by atoms with Crippen molar-refractivity contribution in [3.63, 3.8) is 0 Å². The first-order valence-corrected chi connectivity index (χ1v) is 9.35. The maximum absolute atomic E-state index is 13.6. The van der Waals surface area contributed by atoms with Crippen LogP contribution in [0.4, 0.5) is 14.5 Å². The summed E-state index contributed by atoms with van der Waals surface area (Å²) in [4.78, 5) is 24.5. The zero-order valence-corrected chi connectivity index (χ0v) is 17.7. The van der Waals surface area contributed by atoms with E-state index in [1.165, 1.54) is 0 Å². The molecule has 0 heterocycles. The Balaban J connectivity index is 2.14. The fraction of sp³-hybridized carbons (Fsp3) is 0.391. The number of esters is 1. The smallest absolute Gasteiger partial charge is 0.338 e. The van der Waals surface area contributed by atoms with E-state index in [0.717, 1.165) is 23.3 Å². The molecule has 1 N–H and O–H groups in total. The molecular formula is C23H27F2NO3. The van der Waals surface area contributed by atoms with E-state index in [1.807, 2.05) is 0 Å². The van der Waals surface area contributed by atoms with Crippen LogP contribution in [0, 0.1) is 11.6 Å². The minimum Gasteiger partial charge on any atom is -0.452 e. The molecule has 0 radical (unpaired) electrons. The van der Waals surface area contributed by atoms with Crippen LogP contribution < -0.4 is 5.32 Å². The van der Waals surface area contributed by atoms with Gasteiger partial charge in [0, 0.05) is 6.07 Å². The first kappa shape index (κ1) is 22.5. The van der Waals surface area contributed by atoms with Crippen LogP contribution in [0.1, 0.15) is 63.0 Å². The van der Waals surface area contributed by atoms with Gasteiger partial charge in [0.05, 0.1) is 11.3 Å². The highest BCUT2D eigenvalue weighted by molar-refractivity contribution is 5.95. The second kappa shape index (κ2) is 8.31. The Kier molecular flexibility index (Phi) is 6.46. The lowest BCUT2D eigenvalue weighted by atomic mass is 9.79. The van der Waals surface area contributed by atoms with Crippen LogP contribution in [0.3, 0.4) is 0 Å². The average Bonchev–Trinajstić information content (AvgIpc) is 2.60. The van der Waals surface area contributed by atoms with Gasteiger partial charge in [-0.25, -0.2) is 13.6 Å². The number of benzene rings is 2. The van der Waals surface area contributed by atoms with Crippen molar-refractivity contribution in [2.45, 2.75) is 52.4 Å².